The topological polar surface area (TPSA) is 61.3 Å². The minimum absolute atomic E-state index is 0.264. The fourth-order valence-corrected chi connectivity index (χ4v) is 4.32. The number of ether oxygens (including phenoxy) is 1. The molecule has 0 aromatic carbocycles. The third kappa shape index (κ3) is 7.85. The first-order valence-corrected chi connectivity index (χ1v) is 14.2. The van der Waals surface area contributed by atoms with Gasteiger partial charge in [-0.1, -0.05) is 20.8 Å². The summed E-state index contributed by atoms with van der Waals surface area (Å²) in [7, 11) is -1.63. The molecule has 0 aliphatic rings. The summed E-state index contributed by atoms with van der Waals surface area (Å²) >= 11 is 9.47. The normalized spacial score (nSPS) is 11.7. The molecular weight excluding hydrogens is 520 g/mol. The van der Waals surface area contributed by atoms with Crippen LogP contribution < -0.4 is 0 Å². The smallest absolute Gasteiger partial charge is 0.357 e. The standard InChI is InChI=1S/C10H18BrNOSSi.C6H6BrNO2S/c1-10(2,3)15(4,5)13-6-8-7-14-9(11)12-8;1-2-10-5(9)4-3-11-6(7)8-4/h7H,6H2,1-5H3;3H,2H2,1H3. The number of hydrogen-bond acceptors (Lipinski definition) is 7. The van der Waals surface area contributed by atoms with E-state index in [1.165, 1.54) is 11.3 Å². The van der Waals surface area contributed by atoms with E-state index >= 15 is 0 Å². The van der Waals surface area contributed by atoms with Gasteiger partial charge >= 0.3 is 5.97 Å². The van der Waals surface area contributed by atoms with Crippen molar-refractivity contribution in [2.75, 3.05) is 6.61 Å². The van der Waals surface area contributed by atoms with Crippen molar-refractivity contribution in [3.05, 3.63) is 30.0 Å². The molecule has 0 aliphatic carbocycles. The fourth-order valence-electron chi connectivity index (χ4n) is 1.37. The Bertz CT molecular complexity index is 714. The minimum Gasteiger partial charge on any atom is -0.461 e. The van der Waals surface area contributed by atoms with E-state index < -0.39 is 8.32 Å². The monoisotopic (exact) mass is 542 g/mol. The van der Waals surface area contributed by atoms with Gasteiger partial charge in [0.05, 0.1) is 18.9 Å². The SMILES string of the molecule is CC(C)(C)[Si](C)(C)OCc1csc(Br)n1.CCOC(=O)c1csc(Br)n1. The van der Waals surface area contributed by atoms with Gasteiger partial charge in [0, 0.05) is 10.8 Å². The van der Waals surface area contributed by atoms with Crippen molar-refractivity contribution in [2.45, 2.75) is 52.4 Å². The predicted molar refractivity (Wildman–Crippen MR) is 118 cm³/mol. The van der Waals surface area contributed by atoms with E-state index in [0.717, 1.165) is 9.61 Å². The van der Waals surface area contributed by atoms with Crippen LogP contribution in [0, 0.1) is 0 Å². The number of thiazole rings is 2. The molecule has 0 radical (unpaired) electrons. The molecule has 26 heavy (non-hydrogen) atoms. The molecule has 5 nitrogen and oxygen atoms in total. The first kappa shape index (κ1) is 23.9. The fraction of sp³-hybridized carbons (Fsp3) is 0.562. The lowest BCUT2D eigenvalue weighted by Gasteiger charge is -2.35. The number of aromatic nitrogens is 2. The van der Waals surface area contributed by atoms with Gasteiger partial charge in [0.2, 0.25) is 0 Å². The molecule has 2 heterocycles. The predicted octanol–water partition coefficient (Wildman–Crippen LogP) is 6.51. The average molecular weight is 544 g/mol. The highest BCUT2D eigenvalue weighted by molar-refractivity contribution is 9.11. The van der Waals surface area contributed by atoms with E-state index in [1.807, 2.05) is 5.38 Å². The maximum absolute atomic E-state index is 11.0. The van der Waals surface area contributed by atoms with Gasteiger partial charge in [0.25, 0.3) is 0 Å². The van der Waals surface area contributed by atoms with E-state index in [2.05, 4.69) is 75.7 Å². The van der Waals surface area contributed by atoms with Crippen LogP contribution in [0.1, 0.15) is 43.9 Å². The molecule has 0 saturated carbocycles. The van der Waals surface area contributed by atoms with Crippen LogP contribution in [-0.2, 0) is 15.8 Å². The van der Waals surface area contributed by atoms with Gasteiger partial charge in [0.1, 0.15) is 0 Å². The van der Waals surface area contributed by atoms with Crippen molar-refractivity contribution >= 4 is 68.8 Å². The number of nitrogens with zero attached hydrogens (tertiary/aromatic N) is 2. The third-order valence-corrected chi connectivity index (χ3v) is 11.1. The second-order valence-corrected chi connectivity index (χ2v) is 15.9. The summed E-state index contributed by atoms with van der Waals surface area (Å²) < 4.78 is 12.4. The van der Waals surface area contributed by atoms with Crippen molar-refractivity contribution in [1.82, 2.24) is 9.97 Å². The van der Waals surface area contributed by atoms with Crippen LogP contribution in [0.15, 0.2) is 18.6 Å². The van der Waals surface area contributed by atoms with Gasteiger partial charge in [-0.2, -0.15) is 0 Å². The molecule has 2 aromatic heterocycles. The highest BCUT2D eigenvalue weighted by atomic mass is 79.9. The maximum atomic E-state index is 11.0. The van der Waals surface area contributed by atoms with Crippen LogP contribution >= 0.6 is 54.5 Å². The van der Waals surface area contributed by atoms with Crippen LogP contribution in [-0.4, -0.2) is 30.9 Å². The minimum atomic E-state index is -1.63. The maximum Gasteiger partial charge on any atom is 0.357 e. The molecule has 0 spiro atoms. The number of rotatable bonds is 5. The van der Waals surface area contributed by atoms with Gasteiger partial charge in [-0.3, -0.25) is 0 Å². The van der Waals surface area contributed by atoms with Crippen LogP contribution in [0.25, 0.3) is 0 Å². The Morgan fingerprint density at radius 1 is 1.15 bits per heavy atom. The molecule has 0 aliphatic heterocycles. The molecule has 2 aromatic rings. The Hall–Kier alpha value is -0.133. The van der Waals surface area contributed by atoms with Crippen molar-refractivity contribution in [3.63, 3.8) is 0 Å². The highest BCUT2D eigenvalue weighted by Crippen LogP contribution is 2.37. The largest absolute Gasteiger partial charge is 0.461 e. The lowest BCUT2D eigenvalue weighted by atomic mass is 10.2. The highest BCUT2D eigenvalue weighted by Gasteiger charge is 2.37. The van der Waals surface area contributed by atoms with Gasteiger partial charge in [-0.25, -0.2) is 14.8 Å². The Morgan fingerprint density at radius 2 is 1.73 bits per heavy atom. The van der Waals surface area contributed by atoms with Gasteiger partial charge < -0.3 is 9.16 Å². The Balaban J connectivity index is 0.000000273. The van der Waals surface area contributed by atoms with Crippen molar-refractivity contribution < 1.29 is 14.0 Å². The summed E-state index contributed by atoms with van der Waals surface area (Å²) in [5.74, 6) is -0.366. The molecule has 0 amide bonds. The van der Waals surface area contributed by atoms with Crippen LogP contribution in [0.4, 0.5) is 0 Å². The summed E-state index contributed by atoms with van der Waals surface area (Å²) in [5.41, 5.74) is 1.39. The van der Waals surface area contributed by atoms with E-state index in [9.17, 15) is 4.79 Å². The van der Waals surface area contributed by atoms with Crippen molar-refractivity contribution in [2.24, 2.45) is 0 Å². The van der Waals surface area contributed by atoms with E-state index in [4.69, 9.17) is 9.16 Å². The Kier molecular flexibility index (Phi) is 9.58. The van der Waals surface area contributed by atoms with E-state index in [-0.39, 0.29) is 11.0 Å². The molecule has 0 bridgehead atoms. The molecule has 10 heteroatoms. The Labute approximate surface area is 180 Å². The summed E-state index contributed by atoms with van der Waals surface area (Å²) in [4.78, 5) is 19.2. The molecule has 0 unspecified atom stereocenters. The lowest BCUT2D eigenvalue weighted by Crippen LogP contribution is -2.40. The third-order valence-electron chi connectivity index (χ3n) is 3.87. The molecular formula is C16H24Br2N2O3S2Si. The molecule has 0 fully saturated rings. The molecule has 0 atom stereocenters. The molecule has 0 N–H and O–H groups in total. The number of halogens is 2. The van der Waals surface area contributed by atoms with E-state index in [1.54, 1.807) is 23.6 Å². The first-order chi connectivity index (χ1) is 12.0. The zero-order chi connectivity index (χ0) is 20.0. The average Bonchev–Trinajstić information content (AvgIpc) is 3.14. The van der Waals surface area contributed by atoms with Crippen LogP contribution in [0.3, 0.4) is 0 Å². The summed E-state index contributed by atoms with van der Waals surface area (Å²) in [6.07, 6.45) is 0. The van der Waals surface area contributed by atoms with E-state index in [0.29, 0.717) is 22.8 Å². The summed E-state index contributed by atoms with van der Waals surface area (Å²) in [6, 6.07) is 0. The zero-order valence-electron chi connectivity index (χ0n) is 15.8. The second kappa shape index (κ2) is 10.4. The number of esters is 1. The molecule has 0 saturated heterocycles. The van der Waals surface area contributed by atoms with Crippen molar-refractivity contribution in [1.29, 1.82) is 0 Å². The van der Waals surface area contributed by atoms with Gasteiger partial charge in [-0.05, 0) is 56.9 Å². The van der Waals surface area contributed by atoms with Crippen LogP contribution in [0.2, 0.25) is 18.1 Å². The number of carbonyl (C=O) groups excluding carboxylic acids is 1. The van der Waals surface area contributed by atoms with Crippen LogP contribution in [0.5, 0.6) is 0 Å². The molecule has 2 rings (SSSR count). The summed E-state index contributed by atoms with van der Waals surface area (Å²) in [5, 5.41) is 3.96. The lowest BCUT2D eigenvalue weighted by molar-refractivity contribution is 0.0520. The second-order valence-electron chi connectivity index (χ2n) is 6.85. The van der Waals surface area contributed by atoms with Crippen molar-refractivity contribution in [3.8, 4) is 0 Å². The first-order valence-electron chi connectivity index (χ1n) is 7.98. The quantitative estimate of drug-likeness (QED) is 0.317. The summed E-state index contributed by atoms with van der Waals surface area (Å²) in [6.45, 7) is 14.0. The van der Waals surface area contributed by atoms with Gasteiger partial charge in [0.15, 0.2) is 21.8 Å². The Morgan fingerprint density at radius 3 is 2.15 bits per heavy atom. The zero-order valence-corrected chi connectivity index (χ0v) is 21.6. The number of hydrogen-bond donors (Lipinski definition) is 0. The number of carbonyl (C=O) groups is 1. The molecule has 146 valence electrons. The van der Waals surface area contributed by atoms with Gasteiger partial charge in [-0.15, -0.1) is 22.7 Å².